The number of halogens is 4. The van der Waals surface area contributed by atoms with E-state index in [0.717, 1.165) is 18.2 Å². The van der Waals surface area contributed by atoms with Gasteiger partial charge in [-0.3, -0.25) is 5.32 Å². The highest BCUT2D eigenvalue weighted by molar-refractivity contribution is 6.32. The van der Waals surface area contributed by atoms with Crippen LogP contribution in [0.2, 0.25) is 5.02 Å². The van der Waals surface area contributed by atoms with E-state index in [2.05, 4.69) is 5.32 Å². The third-order valence-electron chi connectivity index (χ3n) is 3.90. The zero-order chi connectivity index (χ0) is 20.6. The summed E-state index contributed by atoms with van der Waals surface area (Å²) in [6.45, 7) is 0. The largest absolute Gasteiger partial charge is 0.456 e. The Morgan fingerprint density at radius 2 is 1.93 bits per heavy atom. The number of ether oxygens (including phenoxy) is 2. The van der Waals surface area contributed by atoms with Crippen LogP contribution in [0, 0.1) is 0 Å². The minimum atomic E-state index is -4.52. The fraction of sp³-hybridized carbons (Fsp3) is 0.222. The second-order valence-electron chi connectivity index (χ2n) is 6.12. The van der Waals surface area contributed by atoms with Gasteiger partial charge in [-0.15, -0.1) is 0 Å². The maximum Gasteiger partial charge on any atom is 0.416 e. The molecule has 1 N–H and O–H groups in total. The van der Waals surface area contributed by atoms with Crippen LogP contribution in [-0.4, -0.2) is 31.0 Å². The average Bonchev–Trinajstić information content (AvgIpc) is 2.91. The van der Waals surface area contributed by atoms with Crippen LogP contribution in [0.25, 0.3) is 0 Å². The Bertz CT molecular complexity index is 947. The summed E-state index contributed by atoms with van der Waals surface area (Å²) in [4.78, 5) is 25.0. The van der Waals surface area contributed by atoms with Crippen molar-refractivity contribution in [3.8, 4) is 11.5 Å². The van der Waals surface area contributed by atoms with Gasteiger partial charge in [0.1, 0.15) is 11.5 Å². The van der Waals surface area contributed by atoms with Gasteiger partial charge in [-0.05, 0) is 36.4 Å². The van der Waals surface area contributed by atoms with Crippen molar-refractivity contribution in [3.63, 3.8) is 0 Å². The maximum atomic E-state index is 12.7. The van der Waals surface area contributed by atoms with E-state index in [4.69, 9.17) is 21.1 Å². The van der Waals surface area contributed by atoms with Gasteiger partial charge in [-0.2, -0.15) is 13.2 Å². The molecule has 1 aliphatic heterocycles. The maximum absolute atomic E-state index is 12.7. The molecule has 6 nitrogen and oxygen atoms in total. The zero-order valence-corrected chi connectivity index (χ0v) is 15.4. The van der Waals surface area contributed by atoms with Gasteiger partial charge in [0.15, 0.2) is 0 Å². The number of fused-ring (bicyclic) bond motifs is 1. The van der Waals surface area contributed by atoms with Crippen LogP contribution in [0.15, 0.2) is 36.4 Å². The Balaban J connectivity index is 1.86. The molecule has 0 aromatic heterocycles. The molecule has 28 heavy (non-hydrogen) atoms. The van der Waals surface area contributed by atoms with Crippen molar-refractivity contribution in [1.82, 2.24) is 10.2 Å². The first-order valence-corrected chi connectivity index (χ1v) is 8.31. The molecule has 1 heterocycles. The lowest BCUT2D eigenvalue weighted by Gasteiger charge is -2.17. The number of esters is 1. The number of amides is 2. The van der Waals surface area contributed by atoms with E-state index in [-0.39, 0.29) is 22.1 Å². The fourth-order valence-electron chi connectivity index (χ4n) is 2.48. The van der Waals surface area contributed by atoms with Crippen molar-refractivity contribution in [2.75, 3.05) is 14.1 Å². The van der Waals surface area contributed by atoms with Gasteiger partial charge < -0.3 is 14.4 Å². The highest BCUT2D eigenvalue weighted by atomic mass is 35.5. The fourth-order valence-corrected chi connectivity index (χ4v) is 2.70. The Kier molecular flexibility index (Phi) is 5.12. The van der Waals surface area contributed by atoms with Crippen LogP contribution >= 0.6 is 11.6 Å². The monoisotopic (exact) mass is 414 g/mol. The Morgan fingerprint density at radius 3 is 2.54 bits per heavy atom. The molecule has 0 fully saturated rings. The molecule has 0 spiro atoms. The lowest BCUT2D eigenvalue weighted by atomic mass is 10.1. The van der Waals surface area contributed by atoms with Crippen LogP contribution in [0.4, 0.5) is 18.0 Å². The topological polar surface area (TPSA) is 67.9 Å². The van der Waals surface area contributed by atoms with Gasteiger partial charge in [-0.1, -0.05) is 11.6 Å². The molecule has 0 aliphatic carbocycles. The standard InChI is InChI=1S/C18H14ClF3N2O4/c1-24(2)17(26)23-15-12-8-10(4-5-11(12)16(25)28-15)27-14-6-3-9(7-13(14)19)18(20,21)22/h3-8,15H,1-2H3,(H,23,26). The number of hydrogen-bond donors (Lipinski definition) is 1. The molecule has 2 aromatic rings. The van der Waals surface area contributed by atoms with Crippen molar-refractivity contribution in [2.45, 2.75) is 12.4 Å². The first-order valence-electron chi connectivity index (χ1n) is 7.93. The van der Waals surface area contributed by atoms with Gasteiger partial charge in [0.05, 0.1) is 16.1 Å². The van der Waals surface area contributed by atoms with E-state index in [9.17, 15) is 22.8 Å². The van der Waals surface area contributed by atoms with Crippen molar-refractivity contribution < 1.29 is 32.2 Å². The Morgan fingerprint density at radius 1 is 1.21 bits per heavy atom. The van der Waals surface area contributed by atoms with Gasteiger partial charge in [0, 0.05) is 19.7 Å². The number of hydrogen-bond acceptors (Lipinski definition) is 4. The third kappa shape index (κ3) is 3.99. The quantitative estimate of drug-likeness (QED) is 0.746. The lowest BCUT2D eigenvalue weighted by molar-refractivity contribution is -0.137. The van der Waals surface area contributed by atoms with E-state index in [1.165, 1.54) is 37.2 Å². The van der Waals surface area contributed by atoms with Gasteiger partial charge in [-0.25, -0.2) is 9.59 Å². The Labute approximate surface area is 162 Å². The second kappa shape index (κ2) is 7.23. The van der Waals surface area contributed by atoms with Crippen molar-refractivity contribution >= 4 is 23.6 Å². The molecule has 10 heteroatoms. The summed E-state index contributed by atoms with van der Waals surface area (Å²) in [6, 6.07) is 6.58. The van der Waals surface area contributed by atoms with Crippen LogP contribution < -0.4 is 10.1 Å². The number of urea groups is 1. The summed E-state index contributed by atoms with van der Waals surface area (Å²) in [5, 5.41) is 2.31. The second-order valence-corrected chi connectivity index (χ2v) is 6.53. The number of benzene rings is 2. The summed E-state index contributed by atoms with van der Waals surface area (Å²) in [6.07, 6.45) is -5.53. The SMILES string of the molecule is CN(C)C(=O)NC1OC(=O)c2ccc(Oc3ccc(C(F)(F)F)cc3Cl)cc21. The molecule has 1 aliphatic rings. The molecule has 2 amide bonds. The summed E-state index contributed by atoms with van der Waals surface area (Å²) >= 11 is 5.89. The summed E-state index contributed by atoms with van der Waals surface area (Å²) in [5.74, 6) is -0.394. The first kappa shape index (κ1) is 19.8. The normalized spacial score (nSPS) is 15.6. The molecule has 3 rings (SSSR count). The predicted molar refractivity (Wildman–Crippen MR) is 93.3 cm³/mol. The minimum Gasteiger partial charge on any atom is -0.456 e. The highest BCUT2D eigenvalue weighted by Crippen LogP contribution is 2.38. The minimum absolute atomic E-state index is 0.00809. The number of carbonyl (C=O) groups excluding carboxylic acids is 2. The molecule has 0 radical (unpaired) electrons. The molecular weight excluding hydrogens is 401 g/mol. The third-order valence-corrected chi connectivity index (χ3v) is 4.19. The lowest BCUT2D eigenvalue weighted by Crippen LogP contribution is -2.37. The molecule has 1 unspecified atom stereocenters. The summed E-state index contributed by atoms with van der Waals surface area (Å²) in [5.41, 5.74) is -0.292. The van der Waals surface area contributed by atoms with Gasteiger partial charge in [0.25, 0.3) is 0 Å². The summed E-state index contributed by atoms with van der Waals surface area (Å²) in [7, 11) is 3.05. The zero-order valence-electron chi connectivity index (χ0n) is 14.6. The smallest absolute Gasteiger partial charge is 0.416 e. The molecule has 148 valence electrons. The molecule has 0 bridgehead atoms. The van der Waals surface area contributed by atoms with E-state index >= 15 is 0 Å². The Hall–Kier alpha value is -2.94. The van der Waals surface area contributed by atoms with Crippen LogP contribution in [0.1, 0.15) is 27.7 Å². The molecule has 1 atom stereocenters. The molecular formula is C18H14ClF3N2O4. The van der Waals surface area contributed by atoms with E-state index in [0.29, 0.717) is 5.56 Å². The highest BCUT2D eigenvalue weighted by Gasteiger charge is 2.33. The van der Waals surface area contributed by atoms with E-state index < -0.39 is 30.0 Å². The predicted octanol–water partition coefficient (Wildman–Crippen LogP) is 4.59. The van der Waals surface area contributed by atoms with Crippen molar-refractivity contribution in [1.29, 1.82) is 0 Å². The van der Waals surface area contributed by atoms with E-state index in [1.807, 2.05) is 0 Å². The number of alkyl halides is 3. The molecule has 2 aromatic carbocycles. The number of nitrogens with one attached hydrogen (secondary N) is 1. The van der Waals surface area contributed by atoms with Crippen LogP contribution in [0.5, 0.6) is 11.5 Å². The number of carbonyl (C=O) groups is 2. The average molecular weight is 415 g/mol. The van der Waals surface area contributed by atoms with Gasteiger partial charge >= 0.3 is 18.2 Å². The molecule has 0 saturated carbocycles. The number of cyclic esters (lactones) is 1. The number of nitrogens with zero attached hydrogens (tertiary/aromatic N) is 1. The van der Waals surface area contributed by atoms with Crippen LogP contribution in [0.3, 0.4) is 0 Å². The van der Waals surface area contributed by atoms with Crippen molar-refractivity contribution in [3.05, 3.63) is 58.1 Å². The summed E-state index contributed by atoms with van der Waals surface area (Å²) < 4.78 is 48.9. The van der Waals surface area contributed by atoms with E-state index in [1.54, 1.807) is 0 Å². The van der Waals surface area contributed by atoms with Gasteiger partial charge in [0.2, 0.25) is 6.23 Å². The van der Waals surface area contributed by atoms with Crippen LogP contribution in [-0.2, 0) is 10.9 Å². The molecule has 0 saturated heterocycles. The first-order chi connectivity index (χ1) is 13.1. The number of rotatable bonds is 3. The van der Waals surface area contributed by atoms with Crippen molar-refractivity contribution in [2.24, 2.45) is 0 Å².